The standard InChI is InChI=1S/C10H14N4/c1-7-8(6-11)9(14(3)13-7)12-10(2)4-5-10/h12H,4-5H2,1-3H3. The SMILES string of the molecule is Cc1nn(C)c(NC2(C)CC2)c1C#N. The van der Waals surface area contributed by atoms with Gasteiger partial charge in [-0.3, -0.25) is 4.68 Å². The van der Waals surface area contributed by atoms with Gasteiger partial charge in [0.05, 0.1) is 5.69 Å². The molecule has 1 aromatic rings. The Morgan fingerprint density at radius 3 is 2.71 bits per heavy atom. The zero-order valence-electron chi connectivity index (χ0n) is 8.76. The lowest BCUT2D eigenvalue weighted by molar-refractivity contribution is 0.730. The average molecular weight is 190 g/mol. The molecule has 0 saturated heterocycles. The highest BCUT2D eigenvalue weighted by Gasteiger charge is 2.38. The van der Waals surface area contributed by atoms with Crippen LogP contribution in [0, 0.1) is 18.3 Å². The van der Waals surface area contributed by atoms with E-state index < -0.39 is 0 Å². The van der Waals surface area contributed by atoms with Crippen molar-refractivity contribution in [3.8, 4) is 6.07 Å². The van der Waals surface area contributed by atoms with Crippen molar-refractivity contribution in [3.63, 3.8) is 0 Å². The summed E-state index contributed by atoms with van der Waals surface area (Å²) in [6.07, 6.45) is 2.34. The monoisotopic (exact) mass is 190 g/mol. The molecule has 0 spiro atoms. The number of nitriles is 1. The number of rotatable bonds is 2. The summed E-state index contributed by atoms with van der Waals surface area (Å²) in [4.78, 5) is 0. The highest BCUT2D eigenvalue weighted by atomic mass is 15.3. The van der Waals surface area contributed by atoms with Crippen LogP contribution < -0.4 is 5.32 Å². The Hall–Kier alpha value is -1.50. The number of nitrogens with one attached hydrogen (secondary N) is 1. The molecule has 1 aliphatic rings. The Labute approximate surface area is 83.5 Å². The minimum atomic E-state index is 0.186. The Kier molecular flexibility index (Phi) is 1.78. The summed E-state index contributed by atoms with van der Waals surface area (Å²) < 4.78 is 1.75. The van der Waals surface area contributed by atoms with Crippen LogP contribution in [-0.2, 0) is 7.05 Å². The molecule has 2 rings (SSSR count). The molecule has 0 unspecified atom stereocenters. The Balaban J connectivity index is 2.36. The normalized spacial score (nSPS) is 17.6. The minimum absolute atomic E-state index is 0.186. The van der Waals surface area contributed by atoms with Gasteiger partial charge in [-0.05, 0) is 26.7 Å². The Morgan fingerprint density at radius 1 is 1.57 bits per heavy atom. The fraction of sp³-hybridized carbons (Fsp3) is 0.600. The fourth-order valence-corrected chi connectivity index (χ4v) is 1.53. The van der Waals surface area contributed by atoms with E-state index in [4.69, 9.17) is 5.26 Å². The van der Waals surface area contributed by atoms with Crippen molar-refractivity contribution in [2.24, 2.45) is 7.05 Å². The van der Waals surface area contributed by atoms with Crippen molar-refractivity contribution in [2.45, 2.75) is 32.2 Å². The summed E-state index contributed by atoms with van der Waals surface area (Å²) in [6, 6.07) is 2.19. The molecular formula is C10H14N4. The van der Waals surface area contributed by atoms with E-state index in [0.717, 1.165) is 11.5 Å². The zero-order valence-corrected chi connectivity index (χ0v) is 8.76. The molecule has 1 fully saturated rings. The van der Waals surface area contributed by atoms with Gasteiger partial charge in [-0.2, -0.15) is 10.4 Å². The van der Waals surface area contributed by atoms with Crippen LogP contribution >= 0.6 is 0 Å². The van der Waals surface area contributed by atoms with E-state index >= 15 is 0 Å². The molecule has 0 aliphatic heterocycles. The molecule has 1 aliphatic carbocycles. The first-order valence-electron chi connectivity index (χ1n) is 4.78. The van der Waals surface area contributed by atoms with Crippen LogP contribution in [0.5, 0.6) is 0 Å². The topological polar surface area (TPSA) is 53.6 Å². The molecule has 1 aromatic heterocycles. The number of aromatic nitrogens is 2. The number of aryl methyl sites for hydroxylation is 2. The molecule has 1 saturated carbocycles. The van der Waals surface area contributed by atoms with Crippen LogP contribution in [-0.4, -0.2) is 15.3 Å². The van der Waals surface area contributed by atoms with Crippen LogP contribution in [0.1, 0.15) is 31.0 Å². The van der Waals surface area contributed by atoms with Crippen LogP contribution in [0.25, 0.3) is 0 Å². The van der Waals surface area contributed by atoms with Crippen molar-refractivity contribution in [1.82, 2.24) is 9.78 Å². The second-order valence-corrected chi connectivity index (χ2v) is 4.23. The summed E-state index contributed by atoms with van der Waals surface area (Å²) in [5, 5.41) is 16.6. The lowest BCUT2D eigenvalue weighted by atomic mass is 10.2. The van der Waals surface area contributed by atoms with E-state index in [2.05, 4.69) is 23.4 Å². The largest absolute Gasteiger partial charge is 0.364 e. The zero-order chi connectivity index (χ0) is 10.3. The van der Waals surface area contributed by atoms with Crippen molar-refractivity contribution in [2.75, 3.05) is 5.32 Å². The first kappa shape index (κ1) is 9.07. The maximum atomic E-state index is 8.99. The Morgan fingerprint density at radius 2 is 2.21 bits per heavy atom. The second kappa shape index (κ2) is 2.74. The first-order chi connectivity index (χ1) is 6.56. The van der Waals surface area contributed by atoms with Crippen LogP contribution in [0.3, 0.4) is 0 Å². The van der Waals surface area contributed by atoms with Crippen LogP contribution in [0.4, 0.5) is 5.82 Å². The molecule has 74 valence electrons. The van der Waals surface area contributed by atoms with E-state index in [0.29, 0.717) is 5.56 Å². The molecule has 0 aromatic carbocycles. The molecule has 0 radical (unpaired) electrons. The van der Waals surface area contributed by atoms with Gasteiger partial charge in [-0.25, -0.2) is 0 Å². The Bertz CT molecular complexity index is 406. The summed E-state index contributed by atoms with van der Waals surface area (Å²) in [5.74, 6) is 0.852. The first-order valence-corrected chi connectivity index (χ1v) is 4.78. The van der Waals surface area contributed by atoms with Gasteiger partial charge in [0.1, 0.15) is 17.5 Å². The molecular weight excluding hydrogens is 176 g/mol. The summed E-state index contributed by atoms with van der Waals surface area (Å²) in [6.45, 7) is 4.02. The minimum Gasteiger partial charge on any atom is -0.364 e. The summed E-state index contributed by atoms with van der Waals surface area (Å²) >= 11 is 0. The highest BCUT2D eigenvalue weighted by molar-refractivity contribution is 5.57. The molecule has 1 N–H and O–H groups in total. The van der Waals surface area contributed by atoms with Gasteiger partial charge >= 0.3 is 0 Å². The maximum absolute atomic E-state index is 8.99. The molecule has 14 heavy (non-hydrogen) atoms. The number of nitrogens with zero attached hydrogens (tertiary/aromatic N) is 3. The molecule has 1 heterocycles. The third kappa shape index (κ3) is 1.35. The van der Waals surface area contributed by atoms with E-state index in [9.17, 15) is 0 Å². The van der Waals surface area contributed by atoms with Gasteiger partial charge in [0.15, 0.2) is 0 Å². The van der Waals surface area contributed by atoms with Crippen LogP contribution in [0.15, 0.2) is 0 Å². The van der Waals surface area contributed by atoms with E-state index in [1.54, 1.807) is 4.68 Å². The summed E-state index contributed by atoms with van der Waals surface area (Å²) in [5.41, 5.74) is 1.65. The van der Waals surface area contributed by atoms with Crippen molar-refractivity contribution in [1.29, 1.82) is 5.26 Å². The van der Waals surface area contributed by atoms with Gasteiger partial charge in [-0.15, -0.1) is 0 Å². The number of anilines is 1. The van der Waals surface area contributed by atoms with Crippen LogP contribution in [0.2, 0.25) is 0 Å². The highest BCUT2D eigenvalue weighted by Crippen LogP contribution is 2.38. The van der Waals surface area contributed by atoms with Gasteiger partial charge in [0, 0.05) is 12.6 Å². The lowest BCUT2D eigenvalue weighted by Gasteiger charge is -2.13. The van der Waals surface area contributed by atoms with Crippen molar-refractivity contribution < 1.29 is 0 Å². The van der Waals surface area contributed by atoms with Gasteiger partial charge in [-0.1, -0.05) is 0 Å². The van der Waals surface area contributed by atoms with Gasteiger partial charge in [0.2, 0.25) is 0 Å². The molecule has 0 atom stereocenters. The fourth-order valence-electron chi connectivity index (χ4n) is 1.53. The smallest absolute Gasteiger partial charge is 0.142 e. The van der Waals surface area contributed by atoms with Gasteiger partial charge in [0.25, 0.3) is 0 Å². The third-order valence-electron chi connectivity index (χ3n) is 2.75. The van der Waals surface area contributed by atoms with Crippen molar-refractivity contribution in [3.05, 3.63) is 11.3 Å². The molecule has 0 amide bonds. The van der Waals surface area contributed by atoms with E-state index in [1.807, 2.05) is 14.0 Å². The summed E-state index contributed by atoms with van der Waals surface area (Å²) in [7, 11) is 1.86. The quantitative estimate of drug-likeness (QED) is 0.770. The van der Waals surface area contributed by atoms with Crippen molar-refractivity contribution >= 4 is 5.82 Å². The van der Waals surface area contributed by atoms with E-state index in [-0.39, 0.29) is 5.54 Å². The second-order valence-electron chi connectivity index (χ2n) is 4.23. The predicted octanol–water partition coefficient (Wildman–Crippen LogP) is 1.56. The van der Waals surface area contributed by atoms with E-state index in [1.165, 1.54) is 12.8 Å². The molecule has 4 heteroatoms. The van der Waals surface area contributed by atoms with Gasteiger partial charge < -0.3 is 5.32 Å². The average Bonchev–Trinajstić information content (AvgIpc) is 2.76. The lowest BCUT2D eigenvalue weighted by Crippen LogP contribution is -2.19. The maximum Gasteiger partial charge on any atom is 0.142 e. The number of hydrogen-bond acceptors (Lipinski definition) is 3. The molecule has 0 bridgehead atoms. The predicted molar refractivity (Wildman–Crippen MR) is 53.9 cm³/mol. The third-order valence-corrected chi connectivity index (χ3v) is 2.75. The number of hydrogen-bond donors (Lipinski definition) is 1. The molecule has 4 nitrogen and oxygen atoms in total.